The van der Waals surface area contributed by atoms with E-state index in [1.54, 1.807) is 0 Å². The fraction of sp³-hybridized carbons (Fsp3) is 0.917. The highest BCUT2D eigenvalue weighted by Crippen LogP contribution is 2.30. The zero-order valence-corrected chi connectivity index (χ0v) is 10.4. The van der Waals surface area contributed by atoms with Crippen molar-refractivity contribution in [2.45, 2.75) is 39.2 Å². The van der Waals surface area contributed by atoms with Gasteiger partial charge in [0.25, 0.3) is 0 Å². The van der Waals surface area contributed by atoms with Crippen molar-refractivity contribution >= 4 is 5.91 Å². The lowest BCUT2D eigenvalue weighted by Crippen LogP contribution is -2.35. The van der Waals surface area contributed by atoms with Crippen molar-refractivity contribution in [2.75, 3.05) is 19.7 Å². The Morgan fingerprint density at radius 2 is 2.12 bits per heavy atom. The molecule has 3 N–H and O–H groups in total. The van der Waals surface area contributed by atoms with Gasteiger partial charge in [-0.25, -0.2) is 0 Å². The van der Waals surface area contributed by atoms with Crippen LogP contribution in [0.5, 0.6) is 0 Å². The Morgan fingerprint density at radius 1 is 1.38 bits per heavy atom. The summed E-state index contributed by atoms with van der Waals surface area (Å²) in [5.74, 6) is 1.42. The maximum absolute atomic E-state index is 11.3. The monoisotopic (exact) mass is 228 g/mol. The number of hydrogen-bond donors (Lipinski definition) is 2. The van der Waals surface area contributed by atoms with Gasteiger partial charge in [0.1, 0.15) is 6.61 Å². The molecule has 0 saturated heterocycles. The standard InChI is InChI=1S/C12H24N2O2/c1-9-3-4-11(7-10(9)2)16-8-12(15)14-6-5-13/h9-11H,3-8,13H2,1-2H3,(H,14,15). The minimum absolute atomic E-state index is 0.0586. The van der Waals surface area contributed by atoms with Crippen molar-refractivity contribution in [3.05, 3.63) is 0 Å². The number of carbonyl (C=O) groups is 1. The minimum atomic E-state index is -0.0586. The van der Waals surface area contributed by atoms with Gasteiger partial charge in [-0.05, 0) is 31.1 Å². The summed E-state index contributed by atoms with van der Waals surface area (Å²) >= 11 is 0. The first-order chi connectivity index (χ1) is 7.63. The predicted molar refractivity (Wildman–Crippen MR) is 64.0 cm³/mol. The highest BCUT2D eigenvalue weighted by molar-refractivity contribution is 5.77. The van der Waals surface area contributed by atoms with Crippen LogP contribution in [0.15, 0.2) is 0 Å². The SMILES string of the molecule is CC1CCC(OCC(=O)NCCN)CC1C. The van der Waals surface area contributed by atoms with Gasteiger partial charge in [0.15, 0.2) is 0 Å². The van der Waals surface area contributed by atoms with E-state index in [9.17, 15) is 4.79 Å². The smallest absolute Gasteiger partial charge is 0.246 e. The molecule has 0 spiro atoms. The first-order valence-corrected chi connectivity index (χ1v) is 6.21. The number of nitrogens with two attached hydrogens (primary N) is 1. The van der Waals surface area contributed by atoms with E-state index in [2.05, 4.69) is 19.2 Å². The summed E-state index contributed by atoms with van der Waals surface area (Å²) in [5.41, 5.74) is 5.29. The van der Waals surface area contributed by atoms with E-state index < -0.39 is 0 Å². The lowest BCUT2D eigenvalue weighted by molar-refractivity contribution is -0.128. The van der Waals surface area contributed by atoms with E-state index in [0.717, 1.165) is 18.8 Å². The normalized spacial score (nSPS) is 30.1. The molecule has 94 valence electrons. The molecule has 3 unspecified atom stereocenters. The van der Waals surface area contributed by atoms with Crippen LogP contribution in [0.25, 0.3) is 0 Å². The largest absolute Gasteiger partial charge is 0.368 e. The minimum Gasteiger partial charge on any atom is -0.368 e. The predicted octanol–water partition coefficient (Wildman–Crippen LogP) is 0.903. The molecule has 4 heteroatoms. The number of carbonyl (C=O) groups excluding carboxylic acids is 1. The van der Waals surface area contributed by atoms with Gasteiger partial charge in [-0.15, -0.1) is 0 Å². The van der Waals surface area contributed by atoms with Gasteiger partial charge in [0.05, 0.1) is 6.10 Å². The maximum atomic E-state index is 11.3. The maximum Gasteiger partial charge on any atom is 0.246 e. The molecule has 1 aliphatic carbocycles. The van der Waals surface area contributed by atoms with Gasteiger partial charge in [0.2, 0.25) is 5.91 Å². The summed E-state index contributed by atoms with van der Waals surface area (Å²) in [4.78, 5) is 11.3. The molecule has 0 bridgehead atoms. The molecule has 16 heavy (non-hydrogen) atoms. The van der Waals surface area contributed by atoms with Crippen LogP contribution < -0.4 is 11.1 Å². The fourth-order valence-corrected chi connectivity index (χ4v) is 2.11. The molecule has 1 aliphatic rings. The van der Waals surface area contributed by atoms with Crippen molar-refractivity contribution in [2.24, 2.45) is 17.6 Å². The van der Waals surface area contributed by atoms with Crippen LogP contribution in [-0.4, -0.2) is 31.7 Å². The van der Waals surface area contributed by atoms with Crippen molar-refractivity contribution < 1.29 is 9.53 Å². The summed E-state index contributed by atoms with van der Waals surface area (Å²) in [5, 5.41) is 2.70. The molecule has 1 saturated carbocycles. The number of amides is 1. The molecule has 0 aromatic carbocycles. The van der Waals surface area contributed by atoms with Gasteiger partial charge in [-0.2, -0.15) is 0 Å². The first-order valence-electron chi connectivity index (χ1n) is 6.21. The van der Waals surface area contributed by atoms with E-state index in [0.29, 0.717) is 19.0 Å². The molecule has 0 aliphatic heterocycles. The van der Waals surface area contributed by atoms with Crippen LogP contribution in [0, 0.1) is 11.8 Å². The number of hydrogen-bond acceptors (Lipinski definition) is 3. The Hall–Kier alpha value is -0.610. The second kappa shape index (κ2) is 6.86. The van der Waals surface area contributed by atoms with Gasteiger partial charge in [-0.1, -0.05) is 13.8 Å². The molecule has 4 nitrogen and oxygen atoms in total. The van der Waals surface area contributed by atoms with Crippen molar-refractivity contribution in [3.63, 3.8) is 0 Å². The molecule has 1 fully saturated rings. The molecule has 0 aromatic rings. The summed E-state index contributed by atoms with van der Waals surface area (Å²) in [6, 6.07) is 0. The molecule has 0 radical (unpaired) electrons. The summed E-state index contributed by atoms with van der Waals surface area (Å²) in [6.45, 7) is 5.72. The van der Waals surface area contributed by atoms with E-state index >= 15 is 0 Å². The second-order valence-electron chi connectivity index (χ2n) is 4.84. The van der Waals surface area contributed by atoms with Crippen molar-refractivity contribution in [1.82, 2.24) is 5.32 Å². The topological polar surface area (TPSA) is 64.3 Å². The molecule has 0 heterocycles. The van der Waals surface area contributed by atoms with E-state index in [4.69, 9.17) is 10.5 Å². The molecular weight excluding hydrogens is 204 g/mol. The molecule has 1 rings (SSSR count). The van der Waals surface area contributed by atoms with Crippen molar-refractivity contribution in [1.29, 1.82) is 0 Å². The lowest BCUT2D eigenvalue weighted by atomic mass is 9.80. The second-order valence-corrected chi connectivity index (χ2v) is 4.84. The third kappa shape index (κ3) is 4.49. The third-order valence-corrected chi connectivity index (χ3v) is 3.47. The van der Waals surface area contributed by atoms with Crippen LogP contribution in [0.1, 0.15) is 33.1 Å². The van der Waals surface area contributed by atoms with Crippen LogP contribution in [0.2, 0.25) is 0 Å². The summed E-state index contributed by atoms with van der Waals surface area (Å²) < 4.78 is 5.61. The molecule has 3 atom stereocenters. The highest BCUT2D eigenvalue weighted by atomic mass is 16.5. The van der Waals surface area contributed by atoms with E-state index in [1.165, 1.54) is 6.42 Å². The van der Waals surface area contributed by atoms with Crippen molar-refractivity contribution in [3.8, 4) is 0 Å². The molecule has 0 aromatic heterocycles. The lowest BCUT2D eigenvalue weighted by Gasteiger charge is -2.31. The quantitative estimate of drug-likeness (QED) is 0.735. The molecule has 1 amide bonds. The zero-order chi connectivity index (χ0) is 12.0. The van der Waals surface area contributed by atoms with Crippen LogP contribution in [-0.2, 0) is 9.53 Å². The van der Waals surface area contributed by atoms with Crippen LogP contribution >= 0.6 is 0 Å². The zero-order valence-electron chi connectivity index (χ0n) is 10.4. The Bertz CT molecular complexity index is 221. The average molecular weight is 228 g/mol. The Balaban J connectivity index is 2.15. The van der Waals surface area contributed by atoms with Crippen LogP contribution in [0.4, 0.5) is 0 Å². The number of ether oxygens (including phenoxy) is 1. The Labute approximate surface area is 97.9 Å². The fourth-order valence-electron chi connectivity index (χ4n) is 2.11. The first kappa shape index (κ1) is 13.5. The summed E-state index contributed by atoms with van der Waals surface area (Å²) in [7, 11) is 0. The number of rotatable bonds is 5. The number of nitrogens with one attached hydrogen (secondary N) is 1. The van der Waals surface area contributed by atoms with Crippen LogP contribution in [0.3, 0.4) is 0 Å². The van der Waals surface area contributed by atoms with Gasteiger partial charge in [-0.3, -0.25) is 4.79 Å². The van der Waals surface area contributed by atoms with Gasteiger partial charge in [0, 0.05) is 13.1 Å². The Morgan fingerprint density at radius 3 is 2.75 bits per heavy atom. The third-order valence-electron chi connectivity index (χ3n) is 3.47. The van der Waals surface area contributed by atoms with E-state index in [1.807, 2.05) is 0 Å². The van der Waals surface area contributed by atoms with Gasteiger partial charge < -0.3 is 15.8 Å². The Kier molecular flexibility index (Phi) is 5.77. The van der Waals surface area contributed by atoms with Gasteiger partial charge >= 0.3 is 0 Å². The summed E-state index contributed by atoms with van der Waals surface area (Å²) in [6.07, 6.45) is 3.62. The average Bonchev–Trinajstić information content (AvgIpc) is 2.28. The molecular formula is C12H24N2O2. The van der Waals surface area contributed by atoms with E-state index in [-0.39, 0.29) is 18.6 Å². The highest BCUT2D eigenvalue weighted by Gasteiger charge is 2.25.